The molecule has 0 radical (unpaired) electrons. The maximum absolute atomic E-state index is 11.9. The van der Waals surface area contributed by atoms with Crippen LogP contribution in [0, 0.1) is 11.3 Å². The van der Waals surface area contributed by atoms with Gasteiger partial charge >= 0.3 is 0 Å². The van der Waals surface area contributed by atoms with Gasteiger partial charge in [0, 0.05) is 6.20 Å². The van der Waals surface area contributed by atoms with E-state index in [2.05, 4.69) is 14.7 Å². The molecule has 0 bridgehead atoms. The molecule has 0 spiro atoms. The number of rotatable bonds is 3. The number of hydrogen-bond donors (Lipinski definition) is 1. The van der Waals surface area contributed by atoms with Crippen molar-refractivity contribution in [2.24, 2.45) is 0 Å². The third kappa shape index (κ3) is 2.76. The SMILES string of the molecule is N#Cc1ccc(S(=O)(=O)Nc2nccc(Cl)n2)s1. The third-order valence-corrected chi connectivity index (χ3v) is 4.82. The van der Waals surface area contributed by atoms with Crippen molar-refractivity contribution in [1.29, 1.82) is 5.26 Å². The number of nitrogens with one attached hydrogen (secondary N) is 1. The van der Waals surface area contributed by atoms with Crippen molar-refractivity contribution < 1.29 is 8.42 Å². The van der Waals surface area contributed by atoms with Crippen LogP contribution in [0.25, 0.3) is 0 Å². The number of nitriles is 1. The minimum absolute atomic E-state index is 0.0163. The molecule has 6 nitrogen and oxygen atoms in total. The predicted octanol–water partition coefficient (Wildman–Crippen LogP) is 1.86. The Morgan fingerprint density at radius 1 is 1.39 bits per heavy atom. The minimum Gasteiger partial charge on any atom is -0.246 e. The van der Waals surface area contributed by atoms with Crippen molar-refractivity contribution >= 4 is 38.9 Å². The number of nitrogens with zero attached hydrogens (tertiary/aromatic N) is 3. The summed E-state index contributed by atoms with van der Waals surface area (Å²) in [4.78, 5) is 7.75. The van der Waals surface area contributed by atoms with Crippen LogP contribution in [-0.4, -0.2) is 18.4 Å². The standard InChI is InChI=1S/C9H5ClN4O2S2/c10-7-3-4-12-9(13-7)14-18(15,16)8-2-1-6(5-11)17-8/h1-4H,(H,12,13,14). The lowest BCUT2D eigenvalue weighted by molar-refractivity contribution is 0.602. The van der Waals surface area contributed by atoms with E-state index in [1.807, 2.05) is 6.07 Å². The van der Waals surface area contributed by atoms with Crippen molar-refractivity contribution in [2.75, 3.05) is 4.72 Å². The van der Waals surface area contributed by atoms with Gasteiger partial charge in [0.05, 0.1) is 0 Å². The molecule has 0 saturated heterocycles. The Morgan fingerprint density at radius 2 is 2.17 bits per heavy atom. The summed E-state index contributed by atoms with van der Waals surface area (Å²) in [6, 6.07) is 6.07. The molecule has 0 fully saturated rings. The molecule has 0 amide bonds. The maximum atomic E-state index is 11.9. The van der Waals surface area contributed by atoms with Gasteiger partial charge in [-0.25, -0.2) is 23.1 Å². The molecule has 9 heteroatoms. The van der Waals surface area contributed by atoms with Crippen molar-refractivity contribution in [3.05, 3.63) is 34.4 Å². The molecule has 0 aliphatic rings. The highest BCUT2D eigenvalue weighted by Crippen LogP contribution is 2.22. The Balaban J connectivity index is 2.30. The maximum Gasteiger partial charge on any atom is 0.273 e. The number of anilines is 1. The summed E-state index contributed by atoms with van der Waals surface area (Å²) in [5.41, 5.74) is 0. The molecule has 2 rings (SSSR count). The Bertz CT molecular complexity index is 720. The first-order valence-electron chi connectivity index (χ1n) is 4.52. The van der Waals surface area contributed by atoms with Crippen LogP contribution in [0.1, 0.15) is 4.88 Å². The van der Waals surface area contributed by atoms with Gasteiger partial charge in [-0.3, -0.25) is 0 Å². The fraction of sp³-hybridized carbons (Fsp3) is 0. The number of sulfonamides is 1. The zero-order valence-electron chi connectivity index (χ0n) is 8.66. The van der Waals surface area contributed by atoms with Gasteiger partial charge in [0.15, 0.2) is 0 Å². The quantitative estimate of drug-likeness (QED) is 0.873. The van der Waals surface area contributed by atoms with Gasteiger partial charge in [-0.15, -0.1) is 11.3 Å². The van der Waals surface area contributed by atoms with Gasteiger partial charge in [-0.1, -0.05) is 11.6 Å². The fourth-order valence-corrected chi connectivity index (χ4v) is 3.27. The zero-order valence-corrected chi connectivity index (χ0v) is 11.1. The third-order valence-electron chi connectivity index (χ3n) is 1.80. The molecular weight excluding hydrogens is 296 g/mol. The van der Waals surface area contributed by atoms with Gasteiger partial charge < -0.3 is 0 Å². The van der Waals surface area contributed by atoms with Crippen molar-refractivity contribution in [2.45, 2.75) is 4.21 Å². The lowest BCUT2D eigenvalue weighted by atomic mass is 10.5. The van der Waals surface area contributed by atoms with Crippen LogP contribution in [0.15, 0.2) is 28.6 Å². The molecular formula is C9H5ClN4O2S2. The Morgan fingerprint density at radius 3 is 2.78 bits per heavy atom. The summed E-state index contributed by atoms with van der Waals surface area (Å²) in [6.45, 7) is 0. The minimum atomic E-state index is -3.79. The molecule has 2 aromatic heterocycles. The highest BCUT2D eigenvalue weighted by atomic mass is 35.5. The first-order valence-corrected chi connectivity index (χ1v) is 7.20. The van der Waals surface area contributed by atoms with Crippen molar-refractivity contribution in [3.8, 4) is 6.07 Å². The number of thiophene rings is 1. The molecule has 0 saturated carbocycles. The van der Waals surface area contributed by atoms with Gasteiger partial charge in [-0.2, -0.15) is 5.26 Å². The monoisotopic (exact) mass is 300 g/mol. The van der Waals surface area contributed by atoms with E-state index in [0.717, 1.165) is 11.3 Å². The number of hydrogen-bond acceptors (Lipinski definition) is 6. The zero-order chi connectivity index (χ0) is 13.2. The average molecular weight is 301 g/mol. The summed E-state index contributed by atoms with van der Waals surface area (Å²) < 4.78 is 26.0. The summed E-state index contributed by atoms with van der Waals surface area (Å²) in [7, 11) is -3.79. The molecule has 18 heavy (non-hydrogen) atoms. The number of aromatic nitrogens is 2. The Hall–Kier alpha value is -1.69. The van der Waals surface area contributed by atoms with E-state index >= 15 is 0 Å². The van der Waals surface area contributed by atoms with Crippen molar-refractivity contribution in [3.63, 3.8) is 0 Å². The molecule has 1 N–H and O–H groups in total. The van der Waals surface area contributed by atoms with Gasteiger partial charge in [0.2, 0.25) is 5.95 Å². The molecule has 2 aromatic rings. The van der Waals surface area contributed by atoms with Crippen LogP contribution in [0.5, 0.6) is 0 Å². The lowest BCUT2D eigenvalue weighted by Gasteiger charge is -2.03. The molecule has 0 aromatic carbocycles. The van der Waals surface area contributed by atoms with Gasteiger partial charge in [0.1, 0.15) is 20.3 Å². The molecule has 0 unspecified atom stereocenters. The first-order chi connectivity index (χ1) is 8.51. The van der Waals surface area contributed by atoms with E-state index in [1.54, 1.807) is 0 Å². The Kier molecular flexibility index (Phi) is 3.47. The molecule has 2 heterocycles. The van der Waals surface area contributed by atoms with Crippen LogP contribution in [0.3, 0.4) is 0 Å². The van der Waals surface area contributed by atoms with Gasteiger partial charge in [0.25, 0.3) is 10.0 Å². The Labute approximate surface area is 112 Å². The molecule has 0 aliphatic heterocycles. The second-order valence-corrected chi connectivity index (χ2v) is 6.42. The average Bonchev–Trinajstić information content (AvgIpc) is 2.77. The lowest BCUT2D eigenvalue weighted by Crippen LogP contribution is -2.13. The van der Waals surface area contributed by atoms with Crippen LogP contribution in [-0.2, 0) is 10.0 Å². The summed E-state index contributed by atoms with van der Waals surface area (Å²) in [6.07, 6.45) is 1.34. The van der Waals surface area contributed by atoms with Crippen LogP contribution in [0.2, 0.25) is 5.15 Å². The molecule has 0 atom stereocenters. The van der Waals surface area contributed by atoms with E-state index in [9.17, 15) is 8.42 Å². The van der Waals surface area contributed by atoms with Crippen LogP contribution >= 0.6 is 22.9 Å². The second kappa shape index (κ2) is 4.89. The fourth-order valence-electron chi connectivity index (χ4n) is 1.08. The highest BCUT2D eigenvalue weighted by molar-refractivity contribution is 7.94. The normalized spacial score (nSPS) is 10.9. The molecule has 0 aliphatic carbocycles. The van der Waals surface area contributed by atoms with E-state index < -0.39 is 10.0 Å². The van der Waals surface area contributed by atoms with Crippen molar-refractivity contribution in [1.82, 2.24) is 9.97 Å². The largest absolute Gasteiger partial charge is 0.273 e. The topological polar surface area (TPSA) is 95.7 Å². The first kappa shape index (κ1) is 12.8. The second-order valence-electron chi connectivity index (χ2n) is 3.04. The molecule has 92 valence electrons. The number of halogens is 1. The van der Waals surface area contributed by atoms with Gasteiger partial charge in [-0.05, 0) is 18.2 Å². The van der Waals surface area contributed by atoms with E-state index in [-0.39, 0.29) is 15.3 Å². The van der Waals surface area contributed by atoms with E-state index in [0.29, 0.717) is 4.88 Å². The highest BCUT2D eigenvalue weighted by Gasteiger charge is 2.18. The summed E-state index contributed by atoms with van der Waals surface area (Å²) in [5, 5.41) is 8.78. The van der Waals surface area contributed by atoms with E-state index in [4.69, 9.17) is 16.9 Å². The smallest absolute Gasteiger partial charge is 0.246 e. The van der Waals surface area contributed by atoms with E-state index in [1.165, 1.54) is 24.4 Å². The van der Waals surface area contributed by atoms with Crippen LogP contribution < -0.4 is 4.72 Å². The van der Waals surface area contributed by atoms with Crippen LogP contribution in [0.4, 0.5) is 5.95 Å². The predicted molar refractivity (Wildman–Crippen MR) is 66.9 cm³/mol. The summed E-state index contributed by atoms with van der Waals surface area (Å²) in [5.74, 6) is -0.116. The summed E-state index contributed by atoms with van der Waals surface area (Å²) >= 11 is 6.48.